The highest BCUT2D eigenvalue weighted by molar-refractivity contribution is 6.02. The zero-order valence-corrected chi connectivity index (χ0v) is 14.9. The van der Waals surface area contributed by atoms with Gasteiger partial charge in [-0.15, -0.1) is 0 Å². The highest BCUT2D eigenvalue weighted by Crippen LogP contribution is 2.18. The van der Waals surface area contributed by atoms with Gasteiger partial charge in [0, 0.05) is 11.4 Å². The number of ether oxygens (including phenoxy) is 1. The number of aryl methyl sites for hydroxylation is 1. The molecule has 6 heteroatoms. The number of para-hydroxylation sites is 1. The number of nitrogens with one attached hydrogen (secondary N) is 2. The molecule has 0 spiro atoms. The van der Waals surface area contributed by atoms with E-state index in [-0.39, 0.29) is 24.2 Å². The van der Waals surface area contributed by atoms with Gasteiger partial charge in [0.25, 0.3) is 11.8 Å². The molecule has 0 radical (unpaired) electrons. The Morgan fingerprint density at radius 2 is 1.74 bits per heavy atom. The normalized spacial score (nSPS) is 10.3. The van der Waals surface area contributed by atoms with Crippen LogP contribution in [0.4, 0.5) is 11.4 Å². The minimum absolute atomic E-state index is 0.101. The standard InChI is InChI=1S/C21H20N2O4/c1-2-15-6-3-4-7-18(15)23-20(24)14-27-17-11-9-16(10-12-17)22-21(25)19-8-5-13-26-19/h3-13H,2,14H2,1H3,(H,22,25)(H,23,24). The highest BCUT2D eigenvalue weighted by atomic mass is 16.5. The van der Waals surface area contributed by atoms with Gasteiger partial charge in [-0.1, -0.05) is 25.1 Å². The Hall–Kier alpha value is -3.54. The first kappa shape index (κ1) is 18.3. The fraction of sp³-hybridized carbons (Fsp3) is 0.143. The molecule has 0 bridgehead atoms. The zero-order valence-electron chi connectivity index (χ0n) is 14.9. The first-order valence-corrected chi connectivity index (χ1v) is 8.61. The maximum absolute atomic E-state index is 12.1. The zero-order chi connectivity index (χ0) is 19.1. The third-order valence-electron chi connectivity index (χ3n) is 3.90. The number of carbonyl (C=O) groups excluding carboxylic acids is 2. The second-order valence-electron chi connectivity index (χ2n) is 5.80. The summed E-state index contributed by atoms with van der Waals surface area (Å²) in [5.74, 6) is 0.206. The van der Waals surface area contributed by atoms with Crippen molar-refractivity contribution in [3.63, 3.8) is 0 Å². The van der Waals surface area contributed by atoms with Crippen LogP contribution in [-0.4, -0.2) is 18.4 Å². The molecule has 0 atom stereocenters. The largest absolute Gasteiger partial charge is 0.484 e. The van der Waals surface area contributed by atoms with E-state index < -0.39 is 0 Å². The van der Waals surface area contributed by atoms with E-state index in [0.29, 0.717) is 11.4 Å². The minimum atomic E-state index is -0.331. The van der Waals surface area contributed by atoms with Crippen LogP contribution in [0.25, 0.3) is 0 Å². The number of carbonyl (C=O) groups is 2. The molecule has 27 heavy (non-hydrogen) atoms. The summed E-state index contributed by atoms with van der Waals surface area (Å²) in [6, 6.07) is 17.7. The summed E-state index contributed by atoms with van der Waals surface area (Å²) >= 11 is 0. The monoisotopic (exact) mass is 364 g/mol. The predicted molar refractivity (Wildman–Crippen MR) is 103 cm³/mol. The lowest BCUT2D eigenvalue weighted by molar-refractivity contribution is -0.118. The van der Waals surface area contributed by atoms with Gasteiger partial charge in [-0.3, -0.25) is 9.59 Å². The van der Waals surface area contributed by atoms with E-state index in [4.69, 9.17) is 9.15 Å². The van der Waals surface area contributed by atoms with E-state index in [1.165, 1.54) is 6.26 Å². The van der Waals surface area contributed by atoms with Gasteiger partial charge in [-0.05, 0) is 54.4 Å². The molecule has 0 saturated carbocycles. The molecule has 2 amide bonds. The van der Waals surface area contributed by atoms with Gasteiger partial charge in [0.05, 0.1) is 6.26 Å². The molecule has 3 aromatic rings. The number of benzene rings is 2. The predicted octanol–water partition coefficient (Wildman–Crippen LogP) is 4.11. The summed E-state index contributed by atoms with van der Waals surface area (Å²) in [5, 5.41) is 5.57. The number of anilines is 2. The van der Waals surface area contributed by atoms with Crippen LogP contribution in [0.15, 0.2) is 71.3 Å². The first-order valence-electron chi connectivity index (χ1n) is 8.61. The summed E-state index contributed by atoms with van der Waals surface area (Å²) in [6.45, 7) is 1.93. The van der Waals surface area contributed by atoms with Gasteiger partial charge in [0.2, 0.25) is 0 Å². The summed E-state index contributed by atoms with van der Waals surface area (Å²) in [4.78, 5) is 24.0. The Morgan fingerprint density at radius 3 is 2.44 bits per heavy atom. The van der Waals surface area contributed by atoms with Crippen molar-refractivity contribution in [1.82, 2.24) is 0 Å². The van der Waals surface area contributed by atoms with Crippen LogP contribution in [-0.2, 0) is 11.2 Å². The lowest BCUT2D eigenvalue weighted by atomic mass is 10.1. The van der Waals surface area contributed by atoms with Gasteiger partial charge in [0.1, 0.15) is 5.75 Å². The third-order valence-corrected chi connectivity index (χ3v) is 3.90. The van der Waals surface area contributed by atoms with Crippen molar-refractivity contribution >= 4 is 23.2 Å². The number of hydrogen-bond acceptors (Lipinski definition) is 4. The third kappa shape index (κ3) is 4.98. The van der Waals surface area contributed by atoms with Crippen molar-refractivity contribution in [3.8, 4) is 5.75 Å². The fourth-order valence-corrected chi connectivity index (χ4v) is 2.52. The van der Waals surface area contributed by atoms with Gasteiger partial charge in [0.15, 0.2) is 12.4 Å². The number of amides is 2. The lowest BCUT2D eigenvalue weighted by Crippen LogP contribution is -2.20. The number of rotatable bonds is 7. The van der Waals surface area contributed by atoms with E-state index >= 15 is 0 Å². The van der Waals surface area contributed by atoms with E-state index in [9.17, 15) is 9.59 Å². The Bertz CT molecular complexity index is 902. The van der Waals surface area contributed by atoms with Crippen molar-refractivity contribution in [2.75, 3.05) is 17.2 Å². The van der Waals surface area contributed by atoms with Crippen molar-refractivity contribution in [2.45, 2.75) is 13.3 Å². The molecule has 2 aromatic carbocycles. The Labute approximate surface area is 157 Å². The molecular formula is C21H20N2O4. The van der Waals surface area contributed by atoms with E-state index in [1.807, 2.05) is 31.2 Å². The van der Waals surface area contributed by atoms with Crippen LogP contribution in [0.3, 0.4) is 0 Å². The summed E-state index contributed by atoms with van der Waals surface area (Å²) in [7, 11) is 0. The van der Waals surface area contributed by atoms with E-state index in [0.717, 1.165) is 17.7 Å². The lowest BCUT2D eigenvalue weighted by Gasteiger charge is -2.11. The van der Waals surface area contributed by atoms with Gasteiger partial charge < -0.3 is 19.8 Å². The highest BCUT2D eigenvalue weighted by Gasteiger charge is 2.09. The second-order valence-corrected chi connectivity index (χ2v) is 5.80. The maximum atomic E-state index is 12.1. The minimum Gasteiger partial charge on any atom is -0.484 e. The molecule has 6 nitrogen and oxygen atoms in total. The average molecular weight is 364 g/mol. The van der Waals surface area contributed by atoms with Gasteiger partial charge in [-0.2, -0.15) is 0 Å². The molecule has 0 fully saturated rings. The SMILES string of the molecule is CCc1ccccc1NC(=O)COc1ccc(NC(=O)c2ccco2)cc1. The van der Waals surface area contributed by atoms with Crippen LogP contribution in [0.1, 0.15) is 23.0 Å². The Morgan fingerprint density at radius 1 is 0.963 bits per heavy atom. The van der Waals surface area contributed by atoms with E-state index in [1.54, 1.807) is 36.4 Å². The summed E-state index contributed by atoms with van der Waals surface area (Å²) in [5.41, 5.74) is 2.47. The maximum Gasteiger partial charge on any atom is 0.291 e. The Kier molecular flexibility index (Phi) is 5.89. The van der Waals surface area contributed by atoms with Crippen molar-refractivity contribution < 1.29 is 18.7 Å². The Balaban J connectivity index is 1.51. The molecule has 0 unspecified atom stereocenters. The molecule has 3 rings (SSSR count). The van der Waals surface area contributed by atoms with Gasteiger partial charge in [-0.25, -0.2) is 0 Å². The fourth-order valence-electron chi connectivity index (χ4n) is 2.52. The second kappa shape index (κ2) is 8.71. The van der Waals surface area contributed by atoms with Crippen molar-refractivity contribution in [1.29, 1.82) is 0 Å². The summed E-state index contributed by atoms with van der Waals surface area (Å²) < 4.78 is 10.5. The smallest absolute Gasteiger partial charge is 0.291 e. The van der Waals surface area contributed by atoms with Crippen LogP contribution < -0.4 is 15.4 Å². The number of hydrogen-bond donors (Lipinski definition) is 2. The molecule has 0 saturated heterocycles. The molecule has 2 N–H and O–H groups in total. The van der Waals surface area contributed by atoms with Crippen LogP contribution in [0.5, 0.6) is 5.75 Å². The average Bonchev–Trinajstić information content (AvgIpc) is 3.23. The number of furan rings is 1. The van der Waals surface area contributed by atoms with Crippen LogP contribution >= 0.6 is 0 Å². The van der Waals surface area contributed by atoms with Crippen molar-refractivity contribution in [3.05, 3.63) is 78.3 Å². The van der Waals surface area contributed by atoms with Crippen LogP contribution in [0, 0.1) is 0 Å². The molecule has 0 aliphatic carbocycles. The molecule has 0 aliphatic heterocycles. The molecular weight excluding hydrogens is 344 g/mol. The summed E-state index contributed by atoms with van der Waals surface area (Å²) in [6.07, 6.45) is 2.28. The molecule has 1 heterocycles. The van der Waals surface area contributed by atoms with Crippen LogP contribution in [0.2, 0.25) is 0 Å². The molecule has 0 aliphatic rings. The van der Waals surface area contributed by atoms with Gasteiger partial charge >= 0.3 is 0 Å². The van der Waals surface area contributed by atoms with Crippen molar-refractivity contribution in [2.24, 2.45) is 0 Å². The molecule has 138 valence electrons. The quantitative estimate of drug-likeness (QED) is 0.661. The molecule has 1 aromatic heterocycles. The first-order chi connectivity index (χ1) is 13.2. The van der Waals surface area contributed by atoms with E-state index in [2.05, 4.69) is 10.6 Å². The topological polar surface area (TPSA) is 80.6 Å².